The van der Waals surface area contributed by atoms with E-state index in [1.54, 1.807) is 0 Å². The second-order valence-electron chi connectivity index (χ2n) is 10.8. The highest BCUT2D eigenvalue weighted by molar-refractivity contribution is 7.80. The summed E-state index contributed by atoms with van der Waals surface area (Å²) < 4.78 is 69.6. The van der Waals surface area contributed by atoms with Crippen molar-refractivity contribution in [1.29, 1.82) is 0 Å². The predicted octanol–water partition coefficient (Wildman–Crippen LogP) is -7.35. The molecule has 3 aliphatic heterocycles. The van der Waals surface area contributed by atoms with Crippen molar-refractivity contribution in [2.75, 3.05) is 19.8 Å². The highest BCUT2D eigenvalue weighted by Gasteiger charge is 2.62. The molecule has 268 valence electrons. The van der Waals surface area contributed by atoms with E-state index < -0.39 is 140 Å². The van der Waals surface area contributed by atoms with Crippen LogP contribution in [0, 0.1) is 0 Å². The number of nitrogens with one attached hydrogen (secondary N) is 1. The van der Waals surface area contributed by atoms with Crippen LogP contribution >= 0.6 is 0 Å². The third kappa shape index (κ3) is 8.83. The van der Waals surface area contributed by atoms with E-state index in [0.29, 0.717) is 0 Å². The summed E-state index contributed by atoms with van der Waals surface area (Å²) >= 11 is 0. The molecular weight excluding hydrogens is 656 g/mol. The molecule has 12 N–H and O–H groups in total. The topological polar surface area (TPSA) is 353 Å². The maximum atomic E-state index is 12.5. The zero-order chi connectivity index (χ0) is 34.7. The molecule has 0 aromatic heterocycles. The van der Waals surface area contributed by atoms with Crippen LogP contribution in [0.1, 0.15) is 20.3 Å². The van der Waals surface area contributed by atoms with E-state index in [1.807, 2.05) is 0 Å². The number of aliphatic hydroxyl groups is 8. The van der Waals surface area contributed by atoms with Gasteiger partial charge in [0.05, 0.1) is 25.9 Å². The van der Waals surface area contributed by atoms with Gasteiger partial charge in [0.25, 0.3) is 6.29 Å². The Bertz CT molecular complexity index is 1150. The number of hydrogen-bond donors (Lipinski definition) is 11. The largest absolute Gasteiger partial charge is 0.429 e. The Morgan fingerprint density at radius 2 is 1.61 bits per heavy atom. The van der Waals surface area contributed by atoms with Crippen LogP contribution in [0.3, 0.4) is 0 Å². The predicted molar refractivity (Wildman–Crippen MR) is 141 cm³/mol. The smallest absolute Gasteiger partial charge is 0.397 e. The van der Waals surface area contributed by atoms with E-state index in [4.69, 9.17) is 38.7 Å². The van der Waals surface area contributed by atoms with Crippen molar-refractivity contribution >= 4 is 22.3 Å². The van der Waals surface area contributed by atoms with Crippen LogP contribution in [0.25, 0.3) is 0 Å². The van der Waals surface area contributed by atoms with Crippen LogP contribution < -0.4 is 11.1 Å². The Hall–Kier alpha value is -1.75. The number of nitrogens with two attached hydrogens (primary N) is 1. The molecule has 3 heterocycles. The molecule has 0 aromatic rings. The van der Waals surface area contributed by atoms with Crippen molar-refractivity contribution in [3.8, 4) is 0 Å². The minimum absolute atomic E-state index is 0.703. The Kier molecular flexibility index (Phi) is 13.2. The third-order valence-electron chi connectivity index (χ3n) is 7.37. The van der Waals surface area contributed by atoms with Crippen molar-refractivity contribution in [2.45, 2.75) is 112 Å². The van der Waals surface area contributed by atoms with Crippen LogP contribution in [0.2, 0.25) is 0 Å². The molecule has 3 rings (SSSR count). The molecule has 0 unspecified atom stereocenters. The minimum Gasteiger partial charge on any atom is -0.429 e. The number of carbonyl (C=O) groups excluding carboxylic acids is 2. The molecule has 22 nitrogen and oxygen atoms in total. The molecular formula is C23H40N2O20S. The number of hydrogen-bond acceptors (Lipinski definition) is 20. The summed E-state index contributed by atoms with van der Waals surface area (Å²) in [6, 6.07) is -1.68. The molecule has 3 fully saturated rings. The second-order valence-corrected chi connectivity index (χ2v) is 11.9. The lowest BCUT2D eigenvalue weighted by Crippen LogP contribution is -2.76. The fourth-order valence-electron chi connectivity index (χ4n) is 5.04. The van der Waals surface area contributed by atoms with Gasteiger partial charge in [-0.15, -0.1) is 0 Å². The van der Waals surface area contributed by atoms with Crippen molar-refractivity contribution in [3.63, 3.8) is 0 Å². The Morgan fingerprint density at radius 3 is 2.15 bits per heavy atom. The summed E-state index contributed by atoms with van der Waals surface area (Å²) in [6.07, 6.45) is -24.4. The normalized spacial score (nSPS) is 42.7. The van der Waals surface area contributed by atoms with Crippen molar-refractivity contribution in [1.82, 2.24) is 5.32 Å². The standard InChI is InChI=1S/C23H40N2O20S/c1-7-14(30)16(32)17(33)21(39-7)43-19-18(42-13-3-10(45-46(36,37)38)15(31)11(5-27)40-13)12(6-28)41-22(23(19,35)25-8(2)29)44-20(34)9(24)4-26/h7,9-19,21-22,26-28,30-33,35H,3-6,24H2,1-2H3,(H,25,29)(H,36,37,38)/t7-,9-,10+,11+,12+,13-,14+,15+,16+,17-,18+,19-,21-,22-,23+/m0/s1. The fraction of sp³-hybridized carbons (Fsp3) is 0.913. The van der Waals surface area contributed by atoms with E-state index in [1.165, 1.54) is 6.92 Å². The lowest BCUT2D eigenvalue weighted by molar-refractivity contribution is -0.399. The number of aliphatic hydroxyl groups excluding tert-OH is 7. The van der Waals surface area contributed by atoms with Gasteiger partial charge in [0.1, 0.15) is 61.0 Å². The molecule has 3 saturated heterocycles. The zero-order valence-electron chi connectivity index (χ0n) is 24.4. The van der Waals surface area contributed by atoms with E-state index in [9.17, 15) is 58.9 Å². The first-order chi connectivity index (χ1) is 21.4. The van der Waals surface area contributed by atoms with Crippen LogP contribution in [0.4, 0.5) is 0 Å². The van der Waals surface area contributed by atoms with Crippen molar-refractivity contribution in [2.24, 2.45) is 5.73 Å². The molecule has 3 aliphatic rings. The molecule has 0 aliphatic carbocycles. The van der Waals surface area contributed by atoms with Crippen LogP contribution in [-0.4, -0.2) is 177 Å². The molecule has 15 atom stereocenters. The summed E-state index contributed by atoms with van der Waals surface area (Å²) in [7, 11) is -5.17. The minimum atomic E-state index is -5.17. The Morgan fingerprint density at radius 1 is 0.978 bits per heavy atom. The maximum absolute atomic E-state index is 12.5. The van der Waals surface area contributed by atoms with Gasteiger partial charge in [-0.1, -0.05) is 0 Å². The van der Waals surface area contributed by atoms with Gasteiger partial charge in [-0.2, -0.15) is 8.42 Å². The first kappa shape index (κ1) is 38.7. The SMILES string of the molecule is CC(=O)N[C@]1(O)[C@H](OC(=O)[C@@H](N)CO)O[C@H](CO)[C@@H](O[C@H]2C[C@@H](OS(=O)(=O)O)[C@@H](O)[C@@H](CO)O2)[C@@H]1O[C@@H]1O[C@@H](C)[C@@H](O)[C@@H](O)[C@@H]1O. The van der Waals surface area contributed by atoms with Gasteiger partial charge in [-0.3, -0.25) is 14.1 Å². The summed E-state index contributed by atoms with van der Waals surface area (Å²) in [6.45, 7) is -0.698. The summed E-state index contributed by atoms with van der Waals surface area (Å²) in [5.41, 5.74) is 2.45. The van der Waals surface area contributed by atoms with Gasteiger partial charge >= 0.3 is 16.4 Å². The average molecular weight is 697 g/mol. The van der Waals surface area contributed by atoms with Crippen molar-refractivity contribution in [3.05, 3.63) is 0 Å². The number of amides is 1. The van der Waals surface area contributed by atoms with E-state index in [-0.39, 0.29) is 0 Å². The summed E-state index contributed by atoms with van der Waals surface area (Å²) in [5, 5.41) is 84.6. The van der Waals surface area contributed by atoms with E-state index >= 15 is 0 Å². The van der Waals surface area contributed by atoms with Gasteiger partial charge < -0.3 is 80.3 Å². The van der Waals surface area contributed by atoms with Gasteiger partial charge in [0.15, 0.2) is 12.6 Å². The fourth-order valence-corrected chi connectivity index (χ4v) is 5.54. The molecule has 0 radical (unpaired) electrons. The Labute approximate surface area is 261 Å². The lowest BCUT2D eigenvalue weighted by Gasteiger charge is -2.52. The number of ether oxygens (including phenoxy) is 6. The number of carbonyl (C=O) groups is 2. The first-order valence-electron chi connectivity index (χ1n) is 13.8. The summed E-state index contributed by atoms with van der Waals surface area (Å²) in [4.78, 5) is 24.8. The lowest BCUT2D eigenvalue weighted by atomic mass is 9.91. The van der Waals surface area contributed by atoms with Gasteiger partial charge in [-0.25, -0.2) is 4.18 Å². The second kappa shape index (κ2) is 15.6. The van der Waals surface area contributed by atoms with E-state index in [0.717, 1.165) is 6.92 Å². The summed E-state index contributed by atoms with van der Waals surface area (Å²) in [5.74, 6) is -2.38. The molecule has 0 aromatic carbocycles. The highest BCUT2D eigenvalue weighted by atomic mass is 32.3. The van der Waals surface area contributed by atoms with Crippen LogP contribution in [-0.2, 0) is 52.6 Å². The zero-order valence-corrected chi connectivity index (χ0v) is 25.2. The maximum Gasteiger partial charge on any atom is 0.397 e. The Balaban J connectivity index is 2.08. The average Bonchev–Trinajstić information content (AvgIpc) is 2.97. The van der Waals surface area contributed by atoms with Crippen LogP contribution in [0.15, 0.2) is 0 Å². The molecule has 23 heteroatoms. The molecule has 0 bridgehead atoms. The highest BCUT2D eigenvalue weighted by Crippen LogP contribution is 2.38. The van der Waals surface area contributed by atoms with Gasteiger partial charge in [0.2, 0.25) is 11.6 Å². The number of rotatable bonds is 12. The molecule has 46 heavy (non-hydrogen) atoms. The molecule has 0 saturated carbocycles. The van der Waals surface area contributed by atoms with E-state index in [2.05, 4.69) is 9.50 Å². The van der Waals surface area contributed by atoms with Gasteiger partial charge in [-0.05, 0) is 6.92 Å². The monoisotopic (exact) mass is 696 g/mol. The quantitative estimate of drug-likeness (QED) is 0.0512. The first-order valence-corrected chi connectivity index (χ1v) is 15.2. The number of esters is 1. The van der Waals surface area contributed by atoms with Crippen LogP contribution in [0.5, 0.6) is 0 Å². The van der Waals surface area contributed by atoms with Gasteiger partial charge in [0, 0.05) is 13.3 Å². The molecule has 1 amide bonds. The molecule has 0 spiro atoms. The van der Waals surface area contributed by atoms with Crippen molar-refractivity contribution < 1.29 is 96.0 Å². The third-order valence-corrected chi connectivity index (χ3v) is 7.86.